The number of H-pyrrole nitrogens is 1. The highest BCUT2D eigenvalue weighted by atomic mass is 35.5. The van der Waals surface area contributed by atoms with Crippen LogP contribution in [0.5, 0.6) is 11.5 Å². The third-order valence-corrected chi connectivity index (χ3v) is 16.6. The van der Waals surface area contributed by atoms with E-state index in [1.165, 1.54) is 41.1 Å². The van der Waals surface area contributed by atoms with Crippen LogP contribution in [-0.2, 0) is 26.2 Å². The lowest BCUT2D eigenvalue weighted by molar-refractivity contribution is -0.385. The summed E-state index contributed by atoms with van der Waals surface area (Å²) in [6, 6.07) is 20.4. The maximum absolute atomic E-state index is 14.0. The number of aromatic nitrogens is 2. The van der Waals surface area contributed by atoms with Gasteiger partial charge in [0.2, 0.25) is 6.19 Å². The molecule has 1 aliphatic carbocycles. The maximum atomic E-state index is 14.0. The number of hydrogen-bond donors (Lipinski definition) is 2. The molecule has 18 heteroatoms. The predicted molar refractivity (Wildman–Crippen MR) is 252 cm³/mol. The third kappa shape index (κ3) is 10.8. The lowest BCUT2D eigenvalue weighted by Gasteiger charge is -2.39. The Kier molecular flexibility index (Phi) is 13.4. The van der Waals surface area contributed by atoms with E-state index < -0.39 is 35.5 Å². The quantitative estimate of drug-likeness (QED) is 0.0647. The van der Waals surface area contributed by atoms with E-state index in [-0.39, 0.29) is 34.8 Å². The van der Waals surface area contributed by atoms with E-state index in [0.29, 0.717) is 60.8 Å². The molecule has 0 bridgehead atoms. The van der Waals surface area contributed by atoms with Gasteiger partial charge in [0.05, 0.1) is 31.3 Å². The molecule has 0 radical (unpaired) electrons. The largest absolute Gasteiger partial charge is 0.455 e. The van der Waals surface area contributed by atoms with E-state index in [0.717, 1.165) is 61.1 Å². The topological polar surface area (TPSA) is 204 Å². The van der Waals surface area contributed by atoms with E-state index in [1.54, 1.807) is 30.6 Å². The van der Waals surface area contributed by atoms with E-state index in [9.17, 15) is 27.5 Å². The molecule has 0 spiro atoms. The van der Waals surface area contributed by atoms with Gasteiger partial charge in [-0.2, -0.15) is 5.26 Å². The maximum Gasteiger partial charge on any atom is 0.273 e. The van der Waals surface area contributed by atoms with Crippen molar-refractivity contribution in [2.24, 2.45) is 15.7 Å². The van der Waals surface area contributed by atoms with Gasteiger partial charge in [0.25, 0.3) is 21.6 Å². The smallest absolute Gasteiger partial charge is 0.273 e. The van der Waals surface area contributed by atoms with Crippen LogP contribution in [0, 0.1) is 32.9 Å². The molecule has 0 unspecified atom stereocenters. The van der Waals surface area contributed by atoms with Gasteiger partial charge in [-0.3, -0.25) is 19.8 Å². The number of nitro benzene ring substituents is 1. The molecule has 2 aromatic heterocycles. The van der Waals surface area contributed by atoms with Crippen LogP contribution in [0.4, 0.5) is 11.4 Å². The number of nitrogens with one attached hydrogen (secondary N) is 2. The molecule has 3 aliphatic rings. The first-order valence-electron chi connectivity index (χ1n) is 21.7. The van der Waals surface area contributed by atoms with Crippen molar-refractivity contribution in [2.45, 2.75) is 63.7 Å². The van der Waals surface area contributed by atoms with Gasteiger partial charge in [0.15, 0.2) is 0 Å². The molecule has 65 heavy (non-hydrogen) atoms. The van der Waals surface area contributed by atoms with Gasteiger partial charge in [0.1, 0.15) is 17.1 Å². The van der Waals surface area contributed by atoms with Crippen molar-refractivity contribution < 1.29 is 27.1 Å². The summed E-state index contributed by atoms with van der Waals surface area (Å²) < 4.78 is 52.2. The zero-order chi connectivity index (χ0) is 45.9. The highest BCUT2D eigenvalue weighted by Crippen LogP contribution is 2.43. The average molecular weight is 940 g/mol. The van der Waals surface area contributed by atoms with Crippen LogP contribution in [0.2, 0.25) is 5.02 Å². The van der Waals surface area contributed by atoms with Crippen LogP contribution in [-0.4, -0.2) is 82.6 Å². The number of anilines is 1. The highest BCUT2D eigenvalue weighted by molar-refractivity contribution is 7.93. The molecule has 15 nitrogen and oxygen atoms in total. The number of nitriles is 1. The van der Waals surface area contributed by atoms with Crippen LogP contribution in [0.25, 0.3) is 16.6 Å². The van der Waals surface area contributed by atoms with Gasteiger partial charge < -0.3 is 14.6 Å². The van der Waals surface area contributed by atoms with Gasteiger partial charge in [-0.15, -0.1) is 4.36 Å². The zero-order valence-corrected chi connectivity index (χ0v) is 38.7. The van der Waals surface area contributed by atoms with E-state index in [1.807, 2.05) is 18.2 Å². The van der Waals surface area contributed by atoms with Gasteiger partial charge in [-0.05, 0) is 110 Å². The number of carbonyl (C=O) groups excluding carboxylic acids is 1. The van der Waals surface area contributed by atoms with Crippen molar-refractivity contribution in [3.05, 3.63) is 123 Å². The lowest BCUT2D eigenvalue weighted by atomic mass is 9.72. The molecule has 8 rings (SSSR count). The van der Waals surface area contributed by atoms with Crippen molar-refractivity contribution in [1.29, 1.82) is 5.26 Å². The number of allylic oxidation sites excluding steroid dienone is 1. The van der Waals surface area contributed by atoms with Crippen molar-refractivity contribution in [1.82, 2.24) is 19.6 Å². The molecular weight excluding hydrogens is 888 g/mol. The van der Waals surface area contributed by atoms with E-state index in [2.05, 4.69) is 54.8 Å². The first-order chi connectivity index (χ1) is 31.1. The van der Waals surface area contributed by atoms with Crippen LogP contribution in [0.15, 0.2) is 100 Å². The Bertz CT molecular complexity index is 2930. The predicted octanol–water partition coefficient (Wildman–Crippen LogP) is 9.11. The Labute approximate surface area is 384 Å². The number of pyridine rings is 1. The first kappa shape index (κ1) is 45.8. The van der Waals surface area contributed by atoms with Crippen LogP contribution >= 0.6 is 11.6 Å². The Hall–Kier alpha value is -5.80. The summed E-state index contributed by atoms with van der Waals surface area (Å²) in [6.07, 6.45) is 10.0. The van der Waals surface area contributed by atoms with Gasteiger partial charge >= 0.3 is 0 Å². The fourth-order valence-corrected chi connectivity index (χ4v) is 12.1. The molecule has 2 aliphatic heterocycles. The lowest BCUT2D eigenvalue weighted by Crippen LogP contribution is -2.47. The normalized spacial score (nSPS) is 20.3. The number of piperazine rings is 1. The minimum atomic E-state index is -4.59. The number of rotatable bonds is 13. The van der Waals surface area contributed by atoms with Crippen molar-refractivity contribution in [3.63, 3.8) is 0 Å². The minimum Gasteiger partial charge on any atom is -0.455 e. The zero-order valence-electron chi connectivity index (χ0n) is 36.3. The van der Waals surface area contributed by atoms with E-state index >= 15 is 0 Å². The molecule has 340 valence electrons. The highest BCUT2D eigenvalue weighted by Gasteiger charge is 2.31. The molecule has 5 aromatic rings. The van der Waals surface area contributed by atoms with Gasteiger partial charge in [-0.25, -0.2) is 22.3 Å². The molecule has 0 saturated carbocycles. The summed E-state index contributed by atoms with van der Waals surface area (Å²) in [4.78, 5) is 37.2. The number of ether oxygens (including phenoxy) is 1. The van der Waals surface area contributed by atoms with Crippen molar-refractivity contribution >= 4 is 65.2 Å². The number of aromatic amines is 1. The fraction of sp³-hybridized carbons (Fsp3) is 0.383. The number of halogens is 1. The molecule has 3 aromatic carbocycles. The molecule has 4 heterocycles. The summed E-state index contributed by atoms with van der Waals surface area (Å²) in [5, 5.41) is 22.6. The minimum absolute atomic E-state index is 0.0582. The number of nitro groups is 1. The summed E-state index contributed by atoms with van der Waals surface area (Å²) >= 11 is 6.24. The number of aryl methyl sites for hydroxylation is 1. The monoisotopic (exact) mass is 938 g/mol. The Balaban J connectivity index is 0.987. The second kappa shape index (κ2) is 19.0. The van der Waals surface area contributed by atoms with Crippen LogP contribution < -0.4 is 14.4 Å². The Morgan fingerprint density at radius 2 is 1.83 bits per heavy atom. The average Bonchev–Trinajstić information content (AvgIpc) is 3.75. The Morgan fingerprint density at radius 1 is 1.08 bits per heavy atom. The van der Waals surface area contributed by atoms with Gasteiger partial charge in [0, 0.05) is 84.2 Å². The number of benzene rings is 3. The fourth-order valence-electron chi connectivity index (χ4n) is 9.07. The molecule has 1 amide bonds. The standard InChI is InChI=1S/C47H51ClN8O7S2/c1-47(2)17-13-36(42(28-47)33-5-8-37(48)9-6-33)30-54-19-21-55(22-20-54)38-10-12-41(44(26-38)63-39-25-35-14-18-50-45(35)51-29-39)46(57)53-65(61,62)40-11-7-34(43(27-40)56(58)59)4-3-32-15-23-64(60,24-16-32)52-31-49/h5-12,14,18,25-27,29,32H,3-4,13,15-17,19-24,28,30H2,1-2H3,(H,50,51)(H,53,57). The first-order valence-corrected chi connectivity index (χ1v) is 25.4. The molecule has 0 atom stereocenters. The summed E-state index contributed by atoms with van der Waals surface area (Å²) in [5.41, 5.74) is 5.63. The second-order valence-corrected chi connectivity index (χ2v) is 22.6. The molecule has 2 N–H and O–H groups in total. The third-order valence-electron chi connectivity index (χ3n) is 12.9. The van der Waals surface area contributed by atoms with Gasteiger partial charge in [-0.1, -0.05) is 49.2 Å². The van der Waals surface area contributed by atoms with Crippen LogP contribution in [0.1, 0.15) is 73.9 Å². The summed E-state index contributed by atoms with van der Waals surface area (Å²) in [7, 11) is -7.14. The Morgan fingerprint density at radius 3 is 2.55 bits per heavy atom. The number of fused-ring (bicyclic) bond motifs is 1. The number of hydrogen-bond acceptors (Lipinski definition) is 12. The number of nitrogens with zero attached hydrogens (tertiary/aromatic N) is 6. The summed E-state index contributed by atoms with van der Waals surface area (Å²) in [5.74, 6) is 0.179. The van der Waals surface area contributed by atoms with Crippen molar-refractivity contribution in [3.8, 4) is 17.7 Å². The van der Waals surface area contributed by atoms with Crippen molar-refractivity contribution in [2.75, 3.05) is 49.1 Å². The number of sulfonamides is 1. The molecule has 2 saturated heterocycles. The SMILES string of the molecule is CC1(C)CCC(CN2CCN(c3ccc(C(=O)NS(=O)(=O)c4ccc(CCC5CCS(=O)(=NC#N)CC5)c([N+](=O)[O-])c4)c(Oc4cnc5[nH]ccc5c4)c3)CC2)=C(c2ccc(Cl)cc2)C1. The summed E-state index contributed by atoms with van der Waals surface area (Å²) in [6.45, 7) is 8.55. The number of carbonyl (C=O) groups is 1. The molecular formula is C47H51ClN8O7S2. The molecule has 2 fully saturated rings. The van der Waals surface area contributed by atoms with E-state index in [4.69, 9.17) is 21.6 Å². The van der Waals surface area contributed by atoms with Crippen LogP contribution in [0.3, 0.4) is 0 Å². The second-order valence-electron chi connectivity index (χ2n) is 17.9. The number of amides is 1.